The van der Waals surface area contributed by atoms with E-state index in [9.17, 15) is 9.59 Å². The van der Waals surface area contributed by atoms with E-state index in [1.165, 1.54) is 12.5 Å². The van der Waals surface area contributed by atoms with Crippen molar-refractivity contribution in [3.63, 3.8) is 0 Å². The fraction of sp³-hybridized carbons (Fsp3) is 0.417. The fourth-order valence-corrected chi connectivity index (χ4v) is 2.94. The monoisotopic (exact) mass is 396 g/mol. The number of nitrogens with one attached hydrogen (secondary N) is 1. The van der Waals surface area contributed by atoms with Crippen molar-refractivity contribution in [1.29, 1.82) is 0 Å². The van der Waals surface area contributed by atoms with Crippen LogP contribution in [0.1, 0.15) is 53.5 Å². The number of amides is 2. The summed E-state index contributed by atoms with van der Waals surface area (Å²) in [6.45, 7) is 12.2. The number of anilines is 2. The van der Waals surface area contributed by atoms with E-state index in [1.807, 2.05) is 62.4 Å². The Balaban J connectivity index is 1.96. The highest BCUT2D eigenvalue weighted by molar-refractivity contribution is 5.94. The van der Waals surface area contributed by atoms with Crippen molar-refractivity contribution in [2.24, 2.45) is 0 Å². The van der Waals surface area contributed by atoms with Gasteiger partial charge in [0.1, 0.15) is 5.75 Å². The van der Waals surface area contributed by atoms with E-state index >= 15 is 0 Å². The molecule has 0 saturated heterocycles. The quantitative estimate of drug-likeness (QED) is 0.704. The molecule has 0 aromatic heterocycles. The van der Waals surface area contributed by atoms with Gasteiger partial charge in [0, 0.05) is 31.3 Å². The Labute approximate surface area is 174 Å². The van der Waals surface area contributed by atoms with Crippen LogP contribution in [-0.4, -0.2) is 24.5 Å². The number of rotatable bonds is 7. The molecule has 2 aromatic rings. The predicted molar refractivity (Wildman–Crippen MR) is 119 cm³/mol. The lowest BCUT2D eigenvalue weighted by Crippen LogP contribution is -2.31. The summed E-state index contributed by atoms with van der Waals surface area (Å²) >= 11 is 0. The van der Waals surface area contributed by atoms with Crippen LogP contribution in [0.4, 0.5) is 11.4 Å². The van der Waals surface area contributed by atoms with E-state index < -0.39 is 0 Å². The van der Waals surface area contributed by atoms with E-state index in [0.717, 1.165) is 17.1 Å². The smallest absolute Gasteiger partial charge is 0.226 e. The molecule has 0 saturated carbocycles. The molecule has 5 nitrogen and oxygen atoms in total. The van der Waals surface area contributed by atoms with Crippen molar-refractivity contribution in [3.05, 3.63) is 54.1 Å². The first-order chi connectivity index (χ1) is 13.6. The van der Waals surface area contributed by atoms with E-state index in [-0.39, 0.29) is 29.8 Å². The van der Waals surface area contributed by atoms with Gasteiger partial charge in [-0.15, -0.1) is 0 Å². The molecule has 1 N–H and O–H groups in total. The maximum absolute atomic E-state index is 12.4. The first-order valence-electron chi connectivity index (χ1n) is 10.0. The van der Waals surface area contributed by atoms with Gasteiger partial charge in [-0.2, -0.15) is 0 Å². The molecule has 0 unspecified atom stereocenters. The molecular formula is C24H32N2O3. The Morgan fingerprint density at radius 1 is 1.00 bits per heavy atom. The summed E-state index contributed by atoms with van der Waals surface area (Å²) in [6, 6.07) is 15.2. The Hall–Kier alpha value is -2.82. The summed E-state index contributed by atoms with van der Waals surface area (Å²) in [5, 5.41) is 2.90. The van der Waals surface area contributed by atoms with Crippen LogP contribution in [-0.2, 0) is 15.0 Å². The van der Waals surface area contributed by atoms with Gasteiger partial charge >= 0.3 is 0 Å². The molecule has 0 heterocycles. The summed E-state index contributed by atoms with van der Waals surface area (Å²) < 4.78 is 5.64. The molecule has 0 spiro atoms. The lowest BCUT2D eigenvalue weighted by molar-refractivity contribution is -0.117. The minimum Gasteiger partial charge on any atom is -0.491 e. The topological polar surface area (TPSA) is 58.6 Å². The Morgan fingerprint density at radius 2 is 1.59 bits per heavy atom. The summed E-state index contributed by atoms with van der Waals surface area (Å²) in [4.78, 5) is 26.0. The number of carbonyl (C=O) groups excluding carboxylic acids is 2. The second kappa shape index (κ2) is 9.59. The average Bonchev–Trinajstić information content (AvgIpc) is 2.62. The molecule has 2 amide bonds. The van der Waals surface area contributed by atoms with Crippen LogP contribution in [0.25, 0.3) is 0 Å². The minimum absolute atomic E-state index is 0.0697. The van der Waals surface area contributed by atoms with Gasteiger partial charge in [-0.25, -0.2) is 0 Å². The van der Waals surface area contributed by atoms with Crippen LogP contribution in [0.2, 0.25) is 0 Å². The number of nitrogens with zero attached hydrogens (tertiary/aromatic N) is 1. The van der Waals surface area contributed by atoms with E-state index in [4.69, 9.17) is 4.74 Å². The molecule has 29 heavy (non-hydrogen) atoms. The zero-order valence-corrected chi connectivity index (χ0v) is 18.3. The van der Waals surface area contributed by atoms with Gasteiger partial charge in [0.15, 0.2) is 0 Å². The lowest BCUT2D eigenvalue weighted by atomic mass is 9.87. The maximum Gasteiger partial charge on any atom is 0.226 e. The van der Waals surface area contributed by atoms with Crippen LogP contribution in [0.5, 0.6) is 5.75 Å². The third-order valence-electron chi connectivity index (χ3n) is 4.50. The third-order valence-corrected chi connectivity index (χ3v) is 4.50. The minimum atomic E-state index is -0.125. The highest BCUT2D eigenvalue weighted by Crippen LogP contribution is 2.24. The van der Waals surface area contributed by atoms with E-state index in [0.29, 0.717) is 6.54 Å². The second-order valence-electron chi connectivity index (χ2n) is 8.46. The summed E-state index contributed by atoms with van der Waals surface area (Å²) in [6.07, 6.45) is 0.302. The summed E-state index contributed by atoms with van der Waals surface area (Å²) in [5.74, 6) is 0.521. The molecular weight excluding hydrogens is 364 g/mol. The van der Waals surface area contributed by atoms with Crippen molar-refractivity contribution >= 4 is 23.2 Å². The van der Waals surface area contributed by atoms with Crippen LogP contribution in [0.3, 0.4) is 0 Å². The molecule has 0 radical (unpaired) electrons. The molecule has 2 rings (SSSR count). The van der Waals surface area contributed by atoms with Crippen LogP contribution < -0.4 is 15.0 Å². The fourth-order valence-electron chi connectivity index (χ4n) is 2.94. The molecule has 0 aliphatic rings. The van der Waals surface area contributed by atoms with Gasteiger partial charge in [-0.3, -0.25) is 9.59 Å². The molecule has 156 valence electrons. The standard InChI is InChI=1S/C24H32N2O3/c1-17(2)29-22-13-11-21(12-14-22)26(18(3)27)16-15-23(28)25-20-9-7-19(8-10-20)24(4,5)6/h7-14,17H,15-16H2,1-6H3,(H,25,28). The summed E-state index contributed by atoms with van der Waals surface area (Å²) in [7, 11) is 0. The van der Waals surface area contributed by atoms with Crippen LogP contribution >= 0.6 is 0 Å². The normalized spacial score (nSPS) is 11.3. The number of benzene rings is 2. The van der Waals surface area contributed by atoms with Gasteiger partial charge in [-0.1, -0.05) is 32.9 Å². The van der Waals surface area contributed by atoms with Gasteiger partial charge in [0.05, 0.1) is 6.10 Å². The first kappa shape index (κ1) is 22.5. The van der Waals surface area contributed by atoms with Gasteiger partial charge < -0.3 is 15.0 Å². The Bertz CT molecular complexity index is 819. The zero-order chi connectivity index (χ0) is 21.6. The van der Waals surface area contributed by atoms with E-state index in [2.05, 4.69) is 26.1 Å². The molecule has 0 aliphatic carbocycles. The van der Waals surface area contributed by atoms with Crippen molar-refractivity contribution in [2.75, 3.05) is 16.8 Å². The molecule has 0 bridgehead atoms. The molecule has 0 aliphatic heterocycles. The number of carbonyl (C=O) groups is 2. The van der Waals surface area contributed by atoms with Crippen molar-refractivity contribution in [1.82, 2.24) is 0 Å². The van der Waals surface area contributed by atoms with Crippen LogP contribution in [0.15, 0.2) is 48.5 Å². The van der Waals surface area contributed by atoms with Gasteiger partial charge in [0.25, 0.3) is 0 Å². The number of ether oxygens (including phenoxy) is 1. The molecule has 0 fully saturated rings. The van der Waals surface area contributed by atoms with Crippen molar-refractivity contribution in [3.8, 4) is 5.75 Å². The number of hydrogen-bond acceptors (Lipinski definition) is 3. The second-order valence-corrected chi connectivity index (χ2v) is 8.46. The summed E-state index contributed by atoms with van der Waals surface area (Å²) in [5.41, 5.74) is 2.78. The van der Waals surface area contributed by atoms with Crippen molar-refractivity contribution < 1.29 is 14.3 Å². The number of hydrogen-bond donors (Lipinski definition) is 1. The highest BCUT2D eigenvalue weighted by Gasteiger charge is 2.15. The van der Waals surface area contributed by atoms with Gasteiger partial charge in [-0.05, 0) is 61.2 Å². The Morgan fingerprint density at radius 3 is 2.07 bits per heavy atom. The zero-order valence-electron chi connectivity index (χ0n) is 18.3. The average molecular weight is 397 g/mol. The largest absolute Gasteiger partial charge is 0.491 e. The van der Waals surface area contributed by atoms with E-state index in [1.54, 1.807) is 4.90 Å². The molecule has 0 atom stereocenters. The van der Waals surface area contributed by atoms with Crippen LogP contribution in [0, 0.1) is 0 Å². The Kier molecular flexibility index (Phi) is 7.43. The van der Waals surface area contributed by atoms with Crippen molar-refractivity contribution in [2.45, 2.75) is 59.5 Å². The molecule has 2 aromatic carbocycles. The predicted octanol–water partition coefficient (Wildman–Crippen LogP) is 5.15. The lowest BCUT2D eigenvalue weighted by Gasteiger charge is -2.22. The molecule has 5 heteroatoms. The SMILES string of the molecule is CC(=O)N(CCC(=O)Nc1ccc(C(C)(C)C)cc1)c1ccc(OC(C)C)cc1. The highest BCUT2D eigenvalue weighted by atomic mass is 16.5. The van der Waals surface area contributed by atoms with Gasteiger partial charge in [0.2, 0.25) is 11.8 Å². The first-order valence-corrected chi connectivity index (χ1v) is 10.0. The third kappa shape index (κ3) is 6.93. The maximum atomic E-state index is 12.4.